The van der Waals surface area contributed by atoms with Crippen LogP contribution in [0.25, 0.3) is 22.5 Å². The molecular formula is C47H57F2N7O6. The van der Waals surface area contributed by atoms with Crippen molar-refractivity contribution in [1.29, 1.82) is 0 Å². The molecule has 4 heterocycles. The fraction of sp³-hybridized carbons (Fsp3) is 0.553. The highest BCUT2D eigenvalue weighted by atomic mass is 19.3. The lowest BCUT2D eigenvalue weighted by atomic mass is 9.77. The van der Waals surface area contributed by atoms with Gasteiger partial charge in [0.15, 0.2) is 11.5 Å². The maximum atomic E-state index is 14.2. The monoisotopic (exact) mass is 853 g/mol. The second-order valence-electron chi connectivity index (χ2n) is 17.7. The molecule has 1 N–H and O–H groups in total. The molecule has 2 atom stereocenters. The van der Waals surface area contributed by atoms with Crippen molar-refractivity contribution in [3.63, 3.8) is 0 Å². The van der Waals surface area contributed by atoms with Crippen LogP contribution in [0.4, 0.5) is 8.78 Å². The number of hydrogen-bond acceptors (Lipinski definition) is 10. The Morgan fingerprint density at radius 2 is 1.79 bits per heavy atom. The molecule has 62 heavy (non-hydrogen) atoms. The molecule has 1 amide bonds. The number of amides is 1. The Hall–Kier alpha value is -5.15. The lowest BCUT2D eigenvalue weighted by Gasteiger charge is -2.31. The number of ketones is 2. The molecule has 330 valence electrons. The highest BCUT2D eigenvalue weighted by Crippen LogP contribution is 2.37. The summed E-state index contributed by atoms with van der Waals surface area (Å²) in [4.78, 5) is 66.4. The molecule has 8 rings (SSSR count). The minimum absolute atomic E-state index is 0.00874. The number of rotatable bonds is 19. The average molecular weight is 854 g/mol. The summed E-state index contributed by atoms with van der Waals surface area (Å²) in [7, 11) is 3.83. The Balaban J connectivity index is 0.745. The first-order valence-corrected chi connectivity index (χ1v) is 22.3. The van der Waals surface area contributed by atoms with Gasteiger partial charge >= 0.3 is 5.69 Å². The van der Waals surface area contributed by atoms with E-state index < -0.39 is 24.4 Å². The molecule has 4 aromatic rings. The van der Waals surface area contributed by atoms with Gasteiger partial charge < -0.3 is 19.4 Å². The predicted molar refractivity (Wildman–Crippen MR) is 230 cm³/mol. The maximum Gasteiger partial charge on any atom is 0.329 e. The van der Waals surface area contributed by atoms with Gasteiger partial charge in [-0.3, -0.25) is 33.5 Å². The second kappa shape index (κ2) is 19.5. The van der Waals surface area contributed by atoms with E-state index in [-0.39, 0.29) is 52.6 Å². The summed E-state index contributed by atoms with van der Waals surface area (Å²) in [6.07, 6.45) is 13.2. The number of hydrogen-bond donors (Lipinski definition) is 1. The maximum absolute atomic E-state index is 14.2. The van der Waals surface area contributed by atoms with Crippen molar-refractivity contribution in [1.82, 2.24) is 29.3 Å². The van der Waals surface area contributed by atoms with Crippen LogP contribution in [-0.4, -0.2) is 93.0 Å². The quantitative estimate of drug-likeness (QED) is 0.0771. The molecule has 2 unspecified atom stereocenters. The molecule has 3 aromatic heterocycles. The van der Waals surface area contributed by atoms with E-state index in [1.165, 1.54) is 19.1 Å². The predicted octanol–water partition coefficient (Wildman–Crippen LogP) is 7.08. The molecular weight excluding hydrogens is 797 g/mol. The third-order valence-electron chi connectivity index (χ3n) is 13.2. The van der Waals surface area contributed by atoms with E-state index in [0.29, 0.717) is 37.5 Å². The van der Waals surface area contributed by atoms with Gasteiger partial charge in [-0.25, -0.2) is 18.6 Å². The Bertz CT molecular complexity index is 2390. The third-order valence-corrected chi connectivity index (χ3v) is 13.2. The van der Waals surface area contributed by atoms with Gasteiger partial charge in [0.2, 0.25) is 5.89 Å². The number of carbonyl (C=O) groups excluding carboxylic acids is 3. The first kappa shape index (κ1) is 43.5. The number of alkyl halides is 2. The van der Waals surface area contributed by atoms with Crippen molar-refractivity contribution in [2.24, 2.45) is 29.8 Å². The molecule has 0 spiro atoms. The molecule has 3 aliphatic carbocycles. The van der Waals surface area contributed by atoms with Crippen molar-refractivity contribution in [2.75, 3.05) is 33.4 Å². The number of pyridine rings is 1. The first-order valence-electron chi connectivity index (χ1n) is 22.3. The van der Waals surface area contributed by atoms with Gasteiger partial charge in [-0.05, 0) is 113 Å². The number of aliphatic imine (C=N–C) groups is 1. The molecule has 1 aromatic carbocycles. The minimum atomic E-state index is -2.82. The largest absolute Gasteiger partial charge is 0.444 e. The number of nitrogens with zero attached hydrogens (tertiary/aromatic N) is 6. The summed E-state index contributed by atoms with van der Waals surface area (Å²) in [6, 6.07) is 8.49. The summed E-state index contributed by atoms with van der Waals surface area (Å²) in [5, 5.41) is 2.64. The van der Waals surface area contributed by atoms with Crippen molar-refractivity contribution < 1.29 is 32.3 Å². The zero-order valence-corrected chi connectivity index (χ0v) is 35.7. The number of likely N-dealkylation sites (N-methyl/N-ethyl adjacent to an activating group) is 1. The Morgan fingerprint density at radius 1 is 1.00 bits per heavy atom. The Morgan fingerprint density at radius 3 is 2.56 bits per heavy atom. The molecule has 15 heteroatoms. The van der Waals surface area contributed by atoms with E-state index >= 15 is 0 Å². The number of ether oxygens (including phenoxy) is 1. The SMILES string of the molecule is CN(CCOCCCc1cccc2c1n(C)c(=O)n2C1CCC(=O)CC1=O)CCC1CCC(C2C=C(NC(=O)c3coc(-c4ccnc(CCC5CC5)c4)n3)C(C(F)F)=N2)CC1. The van der Waals surface area contributed by atoms with Crippen molar-refractivity contribution in [3.8, 4) is 11.5 Å². The fourth-order valence-corrected chi connectivity index (χ4v) is 9.42. The van der Waals surface area contributed by atoms with E-state index in [9.17, 15) is 28.0 Å². The number of imidazole rings is 1. The van der Waals surface area contributed by atoms with Gasteiger partial charge in [0, 0.05) is 44.1 Å². The lowest BCUT2D eigenvalue weighted by Crippen LogP contribution is -2.34. The number of nitrogens with one attached hydrogen (secondary N) is 1. The van der Waals surface area contributed by atoms with Crippen LogP contribution in [0.3, 0.4) is 0 Å². The molecule has 1 aliphatic heterocycles. The highest BCUT2D eigenvalue weighted by Gasteiger charge is 2.35. The van der Waals surface area contributed by atoms with Crippen LogP contribution in [0.2, 0.25) is 0 Å². The van der Waals surface area contributed by atoms with Crippen LogP contribution in [-0.2, 0) is 34.2 Å². The van der Waals surface area contributed by atoms with Crippen LogP contribution < -0.4 is 11.0 Å². The Labute approximate surface area is 360 Å². The van der Waals surface area contributed by atoms with Crippen molar-refractivity contribution >= 4 is 34.2 Å². The standard InChI is InChI=1S/C47H57F2N7O6/c1-54(22-24-61-23-4-6-32-5-3-7-40-43(32)55(2)47(60)56(40)39-17-16-35(57)26-41(39)58)21-19-30-10-13-31(14-11-30)36-27-37(42(51-36)44(48)49)52-45(59)38-28-62-46(53-38)33-18-20-50-34(25-33)15-12-29-8-9-29/h3,5,7,18,20,25,27-31,36,39,44H,4,6,8-17,19,21-24,26H2,1-2H3,(H,52,59). The summed E-state index contributed by atoms with van der Waals surface area (Å²) in [5.41, 5.74) is 3.66. The number of para-hydroxylation sites is 1. The normalized spacial score (nSPS) is 21.9. The number of fused-ring (bicyclic) bond motifs is 1. The molecule has 3 saturated carbocycles. The molecule has 3 fully saturated rings. The van der Waals surface area contributed by atoms with Crippen molar-refractivity contribution in [3.05, 3.63) is 82.0 Å². The van der Waals surface area contributed by atoms with E-state index in [0.717, 1.165) is 99.1 Å². The van der Waals surface area contributed by atoms with Crippen LogP contribution in [0.5, 0.6) is 0 Å². The summed E-state index contributed by atoms with van der Waals surface area (Å²) >= 11 is 0. The molecule has 0 saturated heterocycles. The second-order valence-corrected chi connectivity index (χ2v) is 17.7. The van der Waals surface area contributed by atoms with E-state index in [1.54, 1.807) is 34.5 Å². The van der Waals surface area contributed by atoms with Crippen LogP contribution >= 0.6 is 0 Å². The van der Waals surface area contributed by atoms with Crippen LogP contribution in [0.1, 0.15) is 105 Å². The molecule has 0 bridgehead atoms. The molecule has 13 nitrogen and oxygen atoms in total. The zero-order valence-electron chi connectivity index (χ0n) is 35.7. The number of carbonyl (C=O) groups is 3. The van der Waals surface area contributed by atoms with Gasteiger partial charge in [-0.1, -0.05) is 37.8 Å². The van der Waals surface area contributed by atoms with Crippen LogP contribution in [0, 0.1) is 17.8 Å². The number of aromatic nitrogens is 4. The molecule has 0 radical (unpaired) electrons. The number of allylic oxidation sites excluding steroid dienone is 1. The zero-order chi connectivity index (χ0) is 43.3. The van der Waals surface area contributed by atoms with E-state index in [4.69, 9.17) is 9.15 Å². The van der Waals surface area contributed by atoms with Crippen LogP contribution in [0.15, 0.2) is 68.8 Å². The first-order chi connectivity index (χ1) is 30.0. The molecule has 4 aliphatic rings. The number of aryl methyl sites for hydroxylation is 3. The van der Waals surface area contributed by atoms with Gasteiger partial charge in [-0.15, -0.1) is 0 Å². The fourth-order valence-electron chi connectivity index (χ4n) is 9.42. The van der Waals surface area contributed by atoms with E-state index in [2.05, 4.69) is 32.2 Å². The Kier molecular flexibility index (Phi) is 13.7. The number of Topliss-reactive ketones (excluding diaryl/α,β-unsaturated/α-hetero) is 2. The van der Waals surface area contributed by atoms with Gasteiger partial charge in [-0.2, -0.15) is 0 Å². The average Bonchev–Trinajstić information content (AvgIpc) is 3.67. The lowest BCUT2D eigenvalue weighted by molar-refractivity contribution is -0.132. The summed E-state index contributed by atoms with van der Waals surface area (Å²) in [5.74, 6) is 0.856. The van der Waals surface area contributed by atoms with Crippen molar-refractivity contribution in [2.45, 2.75) is 108 Å². The van der Waals surface area contributed by atoms with E-state index in [1.807, 2.05) is 24.3 Å². The topological polar surface area (TPSA) is 154 Å². The van der Waals surface area contributed by atoms with Gasteiger partial charge in [0.1, 0.15) is 17.8 Å². The van der Waals surface area contributed by atoms with Gasteiger partial charge in [0.05, 0.1) is 41.8 Å². The smallest absolute Gasteiger partial charge is 0.329 e. The highest BCUT2D eigenvalue weighted by molar-refractivity contribution is 6.08. The number of oxazole rings is 1. The van der Waals surface area contributed by atoms with Gasteiger partial charge in [0.25, 0.3) is 12.3 Å². The number of benzene rings is 1. The third kappa shape index (κ3) is 10.2. The minimum Gasteiger partial charge on any atom is -0.444 e. The summed E-state index contributed by atoms with van der Waals surface area (Å²) < 4.78 is 43.1. The summed E-state index contributed by atoms with van der Waals surface area (Å²) in [6.45, 7) is 2.92. The number of halogens is 2.